The van der Waals surface area contributed by atoms with Crippen molar-refractivity contribution < 1.29 is 4.79 Å². The first-order valence-corrected chi connectivity index (χ1v) is 10.2. The summed E-state index contributed by atoms with van der Waals surface area (Å²) in [5, 5.41) is 2.67. The van der Waals surface area contributed by atoms with Crippen molar-refractivity contribution in [1.29, 1.82) is 0 Å². The zero-order valence-electron chi connectivity index (χ0n) is 16.3. The van der Waals surface area contributed by atoms with Crippen LogP contribution in [0.2, 0.25) is 0 Å². The van der Waals surface area contributed by atoms with Crippen LogP contribution in [0.4, 0.5) is 0 Å². The Kier molecular flexibility index (Phi) is 6.78. The van der Waals surface area contributed by atoms with E-state index in [0.29, 0.717) is 5.91 Å². The molecule has 2 saturated heterocycles. The fourth-order valence-electron chi connectivity index (χ4n) is 4.50. The second-order valence-corrected chi connectivity index (χ2v) is 8.20. The lowest BCUT2D eigenvalue weighted by Gasteiger charge is -2.36. The fourth-order valence-corrected chi connectivity index (χ4v) is 4.50. The van der Waals surface area contributed by atoms with Gasteiger partial charge in [0.1, 0.15) is 0 Å². The van der Waals surface area contributed by atoms with E-state index in [2.05, 4.69) is 59.2 Å². The van der Waals surface area contributed by atoms with Crippen LogP contribution in [0.25, 0.3) is 10.8 Å². The number of benzene rings is 2. The summed E-state index contributed by atoms with van der Waals surface area (Å²) in [6.45, 7) is 7.29. The summed E-state index contributed by atoms with van der Waals surface area (Å²) in [6.07, 6.45) is 4.36. The molecule has 4 rings (SSSR count). The average Bonchev–Trinajstić information content (AvgIpc) is 2.69. The van der Waals surface area contributed by atoms with Gasteiger partial charge in [-0.3, -0.25) is 9.69 Å². The third-order valence-electron chi connectivity index (χ3n) is 6.31. The molecule has 3 nitrogen and oxygen atoms in total. The molecule has 1 amide bonds. The van der Waals surface area contributed by atoms with Crippen LogP contribution in [-0.4, -0.2) is 41.9 Å². The SMILES string of the molecule is CC1CCN(C(=O)C2CCN(Cc3cccc4ccccc34)CC2)CC1.Cl. The first-order valence-electron chi connectivity index (χ1n) is 10.2. The van der Waals surface area contributed by atoms with E-state index in [9.17, 15) is 4.79 Å². The van der Waals surface area contributed by atoms with Crippen molar-refractivity contribution in [2.24, 2.45) is 11.8 Å². The van der Waals surface area contributed by atoms with Gasteiger partial charge in [0.05, 0.1) is 0 Å². The Morgan fingerprint density at radius 3 is 2.33 bits per heavy atom. The van der Waals surface area contributed by atoms with Crippen LogP contribution in [0.5, 0.6) is 0 Å². The summed E-state index contributed by atoms with van der Waals surface area (Å²) in [5.41, 5.74) is 1.40. The van der Waals surface area contributed by atoms with Gasteiger partial charge in [0, 0.05) is 25.6 Å². The third-order valence-corrected chi connectivity index (χ3v) is 6.31. The van der Waals surface area contributed by atoms with E-state index in [1.54, 1.807) is 0 Å². The van der Waals surface area contributed by atoms with Crippen LogP contribution in [0, 0.1) is 11.8 Å². The first-order chi connectivity index (χ1) is 12.7. The Morgan fingerprint density at radius 1 is 0.926 bits per heavy atom. The van der Waals surface area contributed by atoms with Crippen LogP contribution in [0.1, 0.15) is 38.2 Å². The molecule has 2 heterocycles. The maximum absolute atomic E-state index is 12.8. The largest absolute Gasteiger partial charge is 0.342 e. The molecule has 0 radical (unpaired) electrons. The van der Waals surface area contributed by atoms with Crippen molar-refractivity contribution in [3.05, 3.63) is 48.0 Å². The zero-order valence-corrected chi connectivity index (χ0v) is 17.1. The minimum absolute atomic E-state index is 0. The van der Waals surface area contributed by atoms with E-state index in [1.165, 1.54) is 29.2 Å². The van der Waals surface area contributed by atoms with Crippen LogP contribution in [-0.2, 0) is 11.3 Å². The Hall–Kier alpha value is -1.58. The molecule has 0 aromatic heterocycles. The highest BCUT2D eigenvalue weighted by Gasteiger charge is 2.30. The van der Waals surface area contributed by atoms with Crippen molar-refractivity contribution in [3.8, 4) is 0 Å². The molecule has 0 aliphatic carbocycles. The van der Waals surface area contributed by atoms with E-state index in [4.69, 9.17) is 0 Å². The van der Waals surface area contributed by atoms with Gasteiger partial charge in [-0.2, -0.15) is 0 Å². The highest BCUT2D eigenvalue weighted by Crippen LogP contribution is 2.26. The van der Waals surface area contributed by atoms with Gasteiger partial charge in [0.25, 0.3) is 0 Å². The fraction of sp³-hybridized carbons (Fsp3) is 0.522. The second-order valence-electron chi connectivity index (χ2n) is 8.20. The predicted octanol–water partition coefficient (Wildman–Crippen LogP) is 4.73. The van der Waals surface area contributed by atoms with Crippen molar-refractivity contribution in [1.82, 2.24) is 9.80 Å². The van der Waals surface area contributed by atoms with E-state index >= 15 is 0 Å². The van der Waals surface area contributed by atoms with Gasteiger partial charge >= 0.3 is 0 Å². The van der Waals surface area contributed by atoms with Crippen molar-refractivity contribution in [2.75, 3.05) is 26.2 Å². The van der Waals surface area contributed by atoms with E-state index in [0.717, 1.165) is 51.5 Å². The maximum atomic E-state index is 12.8. The van der Waals surface area contributed by atoms with Gasteiger partial charge in [-0.25, -0.2) is 0 Å². The summed E-state index contributed by atoms with van der Waals surface area (Å²) in [4.78, 5) is 17.5. The molecule has 0 spiro atoms. The summed E-state index contributed by atoms with van der Waals surface area (Å²) in [7, 11) is 0. The molecule has 27 heavy (non-hydrogen) atoms. The van der Waals surface area contributed by atoms with E-state index in [1.807, 2.05) is 0 Å². The zero-order chi connectivity index (χ0) is 17.9. The molecular formula is C23H31ClN2O. The molecule has 2 aliphatic rings. The van der Waals surface area contributed by atoms with Crippen molar-refractivity contribution >= 4 is 29.1 Å². The molecule has 2 aliphatic heterocycles. The Morgan fingerprint density at radius 2 is 1.59 bits per heavy atom. The number of hydrogen-bond acceptors (Lipinski definition) is 2. The standard InChI is InChI=1S/C23H30N2O.ClH/c1-18-9-15-25(16-10-18)23(26)20-11-13-24(14-12-20)17-21-7-4-6-19-5-2-3-8-22(19)21;/h2-8,18,20H,9-17H2,1H3;1H. The number of fused-ring (bicyclic) bond motifs is 1. The Bertz CT molecular complexity index is 757. The summed E-state index contributed by atoms with van der Waals surface area (Å²) in [6, 6.07) is 15.2. The number of rotatable bonds is 3. The number of amides is 1. The number of likely N-dealkylation sites (tertiary alicyclic amines) is 2. The second kappa shape index (κ2) is 9.07. The molecule has 0 unspecified atom stereocenters. The van der Waals surface area contributed by atoms with Gasteiger partial charge in [0.2, 0.25) is 5.91 Å². The summed E-state index contributed by atoms with van der Waals surface area (Å²) < 4.78 is 0. The topological polar surface area (TPSA) is 23.6 Å². The molecule has 0 bridgehead atoms. The van der Waals surface area contributed by atoms with Crippen LogP contribution < -0.4 is 0 Å². The van der Waals surface area contributed by atoms with Gasteiger partial charge < -0.3 is 4.90 Å². The van der Waals surface area contributed by atoms with Gasteiger partial charge in [-0.1, -0.05) is 49.4 Å². The number of hydrogen-bond donors (Lipinski definition) is 0. The van der Waals surface area contributed by atoms with Gasteiger partial charge in [0.15, 0.2) is 0 Å². The Balaban J connectivity index is 0.00000210. The monoisotopic (exact) mass is 386 g/mol. The van der Waals surface area contributed by atoms with E-state index in [-0.39, 0.29) is 18.3 Å². The average molecular weight is 387 g/mol. The normalized spacial score (nSPS) is 19.8. The minimum atomic E-state index is 0. The third kappa shape index (κ3) is 4.64. The number of carbonyl (C=O) groups excluding carboxylic acids is 1. The molecule has 2 aromatic carbocycles. The Labute approximate surface area is 169 Å². The molecule has 4 heteroatoms. The van der Waals surface area contributed by atoms with Crippen LogP contribution in [0.3, 0.4) is 0 Å². The van der Waals surface area contributed by atoms with Gasteiger partial charge in [-0.15, -0.1) is 12.4 Å². The molecule has 2 fully saturated rings. The molecule has 146 valence electrons. The molecule has 2 aromatic rings. The van der Waals surface area contributed by atoms with Crippen LogP contribution in [0.15, 0.2) is 42.5 Å². The van der Waals surface area contributed by atoms with E-state index < -0.39 is 0 Å². The lowest BCUT2D eigenvalue weighted by Crippen LogP contribution is -2.45. The predicted molar refractivity (Wildman–Crippen MR) is 114 cm³/mol. The first kappa shape index (κ1) is 20.2. The smallest absolute Gasteiger partial charge is 0.225 e. The molecular weight excluding hydrogens is 356 g/mol. The number of piperidine rings is 2. The summed E-state index contributed by atoms with van der Waals surface area (Å²) in [5.74, 6) is 1.44. The number of carbonyl (C=O) groups is 1. The van der Waals surface area contributed by atoms with Crippen LogP contribution >= 0.6 is 12.4 Å². The van der Waals surface area contributed by atoms with Gasteiger partial charge in [-0.05, 0) is 61.0 Å². The number of nitrogens with zero attached hydrogens (tertiary/aromatic N) is 2. The minimum Gasteiger partial charge on any atom is -0.342 e. The molecule has 0 N–H and O–H groups in total. The highest BCUT2D eigenvalue weighted by atomic mass is 35.5. The van der Waals surface area contributed by atoms with Crippen molar-refractivity contribution in [3.63, 3.8) is 0 Å². The highest BCUT2D eigenvalue weighted by molar-refractivity contribution is 5.86. The summed E-state index contributed by atoms with van der Waals surface area (Å²) >= 11 is 0. The maximum Gasteiger partial charge on any atom is 0.225 e. The lowest BCUT2D eigenvalue weighted by molar-refractivity contribution is -0.138. The molecule has 0 saturated carbocycles. The number of halogens is 1. The molecule has 0 atom stereocenters. The quantitative estimate of drug-likeness (QED) is 0.761. The lowest BCUT2D eigenvalue weighted by atomic mass is 9.92. The van der Waals surface area contributed by atoms with Crippen molar-refractivity contribution in [2.45, 2.75) is 39.2 Å².